The third-order valence-corrected chi connectivity index (χ3v) is 12.5. The van der Waals surface area contributed by atoms with Crippen LogP contribution in [0.1, 0.15) is 19.7 Å². The fourth-order valence-corrected chi connectivity index (χ4v) is 8.02. The van der Waals surface area contributed by atoms with E-state index in [4.69, 9.17) is 28.9 Å². The Hall–Kier alpha value is -6.19. The quantitative estimate of drug-likeness (QED) is 0.0347. The highest BCUT2D eigenvalue weighted by Gasteiger charge is 2.23. The highest BCUT2D eigenvalue weighted by atomic mass is 32.1. The second kappa shape index (κ2) is 33.8. The Morgan fingerprint density at radius 2 is 1.00 bits per heavy atom. The van der Waals surface area contributed by atoms with E-state index in [2.05, 4.69) is 108 Å². The number of aromatic nitrogens is 4. The van der Waals surface area contributed by atoms with Crippen LogP contribution in [-0.4, -0.2) is 223 Å². The summed E-state index contributed by atoms with van der Waals surface area (Å²) in [4.78, 5) is 54.1. The second-order valence-electron chi connectivity index (χ2n) is 17.9. The van der Waals surface area contributed by atoms with Gasteiger partial charge in [0, 0.05) is 105 Å². The predicted octanol–water partition coefficient (Wildman–Crippen LogP) is 4.93. The highest BCUT2D eigenvalue weighted by Crippen LogP contribution is 2.35. The third kappa shape index (κ3) is 21.1. The van der Waals surface area contributed by atoms with Gasteiger partial charge in [-0.25, -0.2) is 9.97 Å². The molecule has 4 fully saturated rings. The number of carbonyl (C=O) groups excluding carboxylic acids is 2. The topological polar surface area (TPSA) is 248 Å². The number of hydrogen-bond donors (Lipinski definition) is 6. The molecule has 0 radical (unpaired) electrons. The van der Waals surface area contributed by atoms with Crippen LogP contribution >= 0.6 is 12.6 Å². The first-order valence-corrected chi connectivity index (χ1v) is 26.9. The summed E-state index contributed by atoms with van der Waals surface area (Å²) in [5, 5.41) is 33.9. The molecule has 0 bridgehead atoms. The van der Waals surface area contributed by atoms with E-state index in [1.807, 2.05) is 60.7 Å². The number of anilines is 5. The van der Waals surface area contributed by atoms with E-state index in [-0.39, 0.29) is 25.0 Å². The fourth-order valence-electron chi connectivity index (χ4n) is 7.88. The summed E-state index contributed by atoms with van der Waals surface area (Å²) < 4.78 is 21.0. The summed E-state index contributed by atoms with van der Waals surface area (Å²) in [7, 11) is 4.26. The van der Waals surface area contributed by atoms with E-state index in [0.29, 0.717) is 89.8 Å². The number of nitrogens with zero attached hydrogens (tertiary/aromatic N) is 13. The van der Waals surface area contributed by atoms with Crippen molar-refractivity contribution in [3.8, 4) is 0 Å². The lowest BCUT2D eigenvalue weighted by Crippen LogP contribution is -2.45. The Balaban J connectivity index is 0.000000220. The molecule has 414 valence electrons. The van der Waals surface area contributed by atoms with E-state index < -0.39 is 0 Å². The summed E-state index contributed by atoms with van der Waals surface area (Å²) in [6.45, 7) is 21.9. The van der Waals surface area contributed by atoms with Gasteiger partial charge in [0.25, 0.3) is 0 Å². The molecule has 24 nitrogen and oxygen atoms in total. The Bertz CT molecular complexity index is 2370. The molecule has 76 heavy (non-hydrogen) atoms. The Morgan fingerprint density at radius 1 is 0.579 bits per heavy atom. The number of thiol groups is 1. The minimum Gasteiger partial charge on any atom is -0.465 e. The van der Waals surface area contributed by atoms with Gasteiger partial charge in [-0.3, -0.25) is 19.4 Å². The number of carbonyl (C=O) groups is 2. The molecule has 4 aromatic rings. The molecule has 6 heterocycles. The number of benzene rings is 2. The summed E-state index contributed by atoms with van der Waals surface area (Å²) in [5.74, 6) is 2.62. The van der Waals surface area contributed by atoms with Gasteiger partial charge in [0.05, 0.1) is 56.8 Å². The van der Waals surface area contributed by atoms with E-state index in [9.17, 15) is 9.59 Å². The maximum Gasteiger partial charge on any atom is 0.325 e. The molecule has 4 saturated heterocycles. The fraction of sp³-hybridized carbons (Fsp3) is 0.569. The van der Waals surface area contributed by atoms with Crippen molar-refractivity contribution in [1.82, 2.24) is 44.9 Å². The van der Waals surface area contributed by atoms with E-state index in [1.165, 1.54) is 13.1 Å². The number of nitrogens with one attached hydrogen (secondary N) is 5. The number of likely N-dealkylation sites (N-methyl/N-ethyl adjacent to an activating group) is 2. The van der Waals surface area contributed by atoms with Crippen molar-refractivity contribution in [3.05, 3.63) is 66.5 Å². The molecule has 5 N–H and O–H groups in total. The average molecular weight is 1070 g/mol. The molecular formula is C51H78N18O6S. The number of piperazine rings is 2. The normalized spacial score (nSPS) is 16.8. The molecule has 4 aliphatic heterocycles. The van der Waals surface area contributed by atoms with Crippen molar-refractivity contribution in [2.75, 3.05) is 198 Å². The number of rotatable bonds is 22. The van der Waals surface area contributed by atoms with Crippen molar-refractivity contribution in [2.24, 2.45) is 20.5 Å². The average Bonchev–Trinajstić information content (AvgIpc) is 3.46. The minimum atomic E-state index is -0.383. The molecule has 25 heteroatoms. The first-order valence-electron chi connectivity index (χ1n) is 26.3. The van der Waals surface area contributed by atoms with Crippen LogP contribution in [0.4, 0.5) is 52.0 Å². The van der Waals surface area contributed by atoms with Gasteiger partial charge in [0.15, 0.2) is 34.6 Å². The maximum atomic E-state index is 12.1. The zero-order valence-corrected chi connectivity index (χ0v) is 45.6. The Morgan fingerprint density at radius 3 is 1.42 bits per heavy atom. The summed E-state index contributed by atoms with van der Waals surface area (Å²) in [6, 6.07) is 18.9. The molecule has 2 aromatic carbocycles. The van der Waals surface area contributed by atoms with Crippen molar-refractivity contribution in [1.29, 1.82) is 0 Å². The lowest BCUT2D eigenvalue weighted by Gasteiger charge is -2.33. The lowest BCUT2D eigenvalue weighted by atomic mass is 10.3. The highest BCUT2D eigenvalue weighted by molar-refractivity contribution is 7.79. The molecule has 0 unspecified atom stereocenters. The van der Waals surface area contributed by atoms with Crippen LogP contribution in [0.15, 0.2) is 81.1 Å². The van der Waals surface area contributed by atoms with Gasteiger partial charge in [-0.15, -0.1) is 10.2 Å². The van der Waals surface area contributed by atoms with Gasteiger partial charge in [0.2, 0.25) is 5.95 Å². The van der Waals surface area contributed by atoms with Gasteiger partial charge < -0.3 is 60.2 Å². The van der Waals surface area contributed by atoms with Crippen molar-refractivity contribution in [2.45, 2.75) is 19.6 Å². The van der Waals surface area contributed by atoms with Crippen LogP contribution in [-0.2, 0) is 34.3 Å². The van der Waals surface area contributed by atoms with E-state index in [1.54, 1.807) is 13.8 Å². The van der Waals surface area contributed by atoms with Crippen LogP contribution in [0, 0.1) is 0 Å². The molecule has 0 spiro atoms. The van der Waals surface area contributed by atoms with Gasteiger partial charge >= 0.3 is 11.9 Å². The third-order valence-electron chi connectivity index (χ3n) is 12.2. The van der Waals surface area contributed by atoms with Crippen LogP contribution in [0.5, 0.6) is 0 Å². The monoisotopic (exact) mass is 1070 g/mol. The van der Waals surface area contributed by atoms with E-state index >= 15 is 0 Å². The smallest absolute Gasteiger partial charge is 0.325 e. The van der Waals surface area contributed by atoms with Gasteiger partial charge in [-0.2, -0.15) is 32.8 Å². The largest absolute Gasteiger partial charge is 0.465 e. The van der Waals surface area contributed by atoms with Gasteiger partial charge in [0.1, 0.15) is 18.9 Å². The molecule has 0 aliphatic carbocycles. The van der Waals surface area contributed by atoms with Crippen molar-refractivity contribution >= 4 is 76.5 Å². The number of azo groups is 2. The predicted molar refractivity (Wildman–Crippen MR) is 300 cm³/mol. The molecule has 2 aromatic heterocycles. The number of hydrogen-bond acceptors (Lipinski definition) is 25. The molecule has 4 aliphatic rings. The first kappa shape index (κ1) is 59.1. The number of esters is 2. The van der Waals surface area contributed by atoms with Crippen LogP contribution in [0.2, 0.25) is 0 Å². The zero-order chi connectivity index (χ0) is 53.6. The maximum absolute atomic E-state index is 12.1. The first-order chi connectivity index (χ1) is 37.2. The van der Waals surface area contributed by atoms with Crippen molar-refractivity contribution < 1.29 is 28.5 Å². The zero-order valence-electron chi connectivity index (χ0n) is 44.7. The molecular weight excluding hydrogens is 993 g/mol. The summed E-state index contributed by atoms with van der Waals surface area (Å²) in [6.07, 6.45) is 0. The number of ether oxygens (including phenoxy) is 4. The summed E-state index contributed by atoms with van der Waals surface area (Å²) in [5.41, 5.74) is 2.28. The van der Waals surface area contributed by atoms with Gasteiger partial charge in [-0.05, 0) is 52.2 Å². The molecule has 8 rings (SSSR count). The van der Waals surface area contributed by atoms with E-state index in [0.717, 1.165) is 105 Å². The number of morpholine rings is 2. The van der Waals surface area contributed by atoms with Crippen LogP contribution in [0.25, 0.3) is 0 Å². The van der Waals surface area contributed by atoms with Crippen LogP contribution in [0.3, 0.4) is 0 Å². The molecule has 0 saturated carbocycles. The summed E-state index contributed by atoms with van der Waals surface area (Å²) >= 11 is 4.32. The van der Waals surface area contributed by atoms with Crippen LogP contribution < -0.4 is 31.5 Å². The Kier molecular flexibility index (Phi) is 26.2. The Labute approximate surface area is 452 Å². The molecule has 0 amide bonds. The molecule has 0 atom stereocenters. The second-order valence-corrected chi connectivity index (χ2v) is 18.2. The van der Waals surface area contributed by atoms with Gasteiger partial charge in [-0.1, -0.05) is 36.4 Å². The minimum absolute atomic E-state index is 0.0336. The standard InChI is InChI=1S/C25H37N9O3.C21H29N7O3S.C5H12N2/c1-3-37-21(35)19-27-24-22(31-30-20-7-5-4-6-8-20)23(26-9-10-33-15-17-36-18-16-33)28-25(29-24)34-13-11-32(2)12-14-34;1-2-31-18(29)14-23-21-19(27-26-16-6-4-3-5-7-16)20(24-17(15-32)25-21)22-8-9-28-10-12-30-13-11-28;1-7-4-2-6-3-5-7/h4-8H,3,9-19H2,1-2H3,(H2,26,27,28,29);3-7,32H,2,8-15H2,1H3,(H2,22,23,24,25);6H,2-5H2,1H3. The van der Waals surface area contributed by atoms with Crippen molar-refractivity contribution in [3.63, 3.8) is 0 Å². The lowest BCUT2D eigenvalue weighted by molar-refractivity contribution is -0.141. The SMILES string of the molecule is CCOC(=O)CNc1nc(CS)nc(NCCN2CCOCC2)c1N=Nc1ccccc1.CCOC(=O)CNc1nc(N2CCN(C)CC2)nc(NCCN2CCOCC2)c1N=Nc1ccccc1.CN1CCNCC1.